The summed E-state index contributed by atoms with van der Waals surface area (Å²) in [6.07, 6.45) is 0. The van der Waals surface area contributed by atoms with Gasteiger partial charge in [-0.25, -0.2) is 4.98 Å². The largest absolute Gasteiger partial charge is 0.497 e. The van der Waals surface area contributed by atoms with E-state index in [-0.39, 0.29) is 0 Å². The Morgan fingerprint density at radius 2 is 1.89 bits per heavy atom. The van der Waals surface area contributed by atoms with Crippen LogP contribution in [0.25, 0.3) is 22.2 Å². The molecule has 0 unspecified atom stereocenters. The van der Waals surface area contributed by atoms with Crippen LogP contribution in [0.15, 0.2) is 65.4 Å². The quantitative estimate of drug-likeness (QED) is 0.441. The lowest BCUT2D eigenvalue weighted by atomic mass is 10.0. The van der Waals surface area contributed by atoms with Crippen molar-refractivity contribution >= 4 is 33.8 Å². The Morgan fingerprint density at radius 1 is 1.04 bits per heavy atom. The van der Waals surface area contributed by atoms with E-state index in [4.69, 9.17) is 21.3 Å². The third kappa shape index (κ3) is 3.98. The maximum Gasteiger partial charge on any atom is 0.121 e. The number of hydrogen-bond acceptors (Lipinski definition) is 4. The van der Waals surface area contributed by atoms with Crippen LogP contribution in [-0.2, 0) is 13.1 Å². The van der Waals surface area contributed by atoms with Crippen LogP contribution in [0, 0.1) is 0 Å². The molecule has 27 heavy (non-hydrogen) atoms. The number of methoxy groups -OCH3 is 1. The molecule has 5 heteroatoms. The van der Waals surface area contributed by atoms with Gasteiger partial charge in [-0.05, 0) is 46.8 Å². The highest BCUT2D eigenvalue weighted by Gasteiger charge is 2.11. The van der Waals surface area contributed by atoms with Gasteiger partial charge in [-0.15, -0.1) is 0 Å². The number of fused-ring (bicyclic) bond motifs is 1. The monoisotopic (exact) mass is 394 g/mol. The van der Waals surface area contributed by atoms with Crippen LogP contribution >= 0.6 is 22.9 Å². The van der Waals surface area contributed by atoms with Gasteiger partial charge in [-0.1, -0.05) is 29.8 Å². The standard InChI is InChI=1S/C22H19ClN2OS/c1-26-19-7-6-15-10-18(13-24-12-16-4-2-3-5-20(16)23)22(25-21(15)11-19)17-8-9-27-14-17/h2-11,14,24H,12-13H2,1H3. The SMILES string of the molecule is COc1ccc2cc(CNCc3ccccc3Cl)c(-c3ccsc3)nc2c1. The van der Waals surface area contributed by atoms with Gasteiger partial charge in [0, 0.05) is 40.5 Å². The highest BCUT2D eigenvalue weighted by atomic mass is 35.5. The first-order valence-electron chi connectivity index (χ1n) is 8.69. The van der Waals surface area contributed by atoms with E-state index in [1.165, 1.54) is 0 Å². The predicted molar refractivity (Wildman–Crippen MR) is 114 cm³/mol. The van der Waals surface area contributed by atoms with Gasteiger partial charge in [0.05, 0.1) is 18.3 Å². The molecule has 2 aromatic carbocycles. The number of rotatable bonds is 6. The fourth-order valence-electron chi connectivity index (χ4n) is 3.08. The number of aromatic nitrogens is 1. The molecule has 4 rings (SSSR count). The molecule has 0 fully saturated rings. The zero-order chi connectivity index (χ0) is 18.6. The Morgan fingerprint density at radius 3 is 2.67 bits per heavy atom. The van der Waals surface area contributed by atoms with Crippen LogP contribution in [0.1, 0.15) is 11.1 Å². The smallest absolute Gasteiger partial charge is 0.121 e. The molecule has 0 aliphatic rings. The molecule has 2 heterocycles. The third-order valence-corrected chi connectivity index (χ3v) is 5.54. The summed E-state index contributed by atoms with van der Waals surface area (Å²) in [5, 5.41) is 9.60. The number of thiophene rings is 1. The molecular formula is C22H19ClN2OS. The topological polar surface area (TPSA) is 34.1 Å². The molecule has 2 aromatic heterocycles. The molecule has 0 saturated carbocycles. The Balaban J connectivity index is 1.65. The van der Waals surface area contributed by atoms with Crippen molar-refractivity contribution in [2.24, 2.45) is 0 Å². The fraction of sp³-hybridized carbons (Fsp3) is 0.136. The third-order valence-electron chi connectivity index (χ3n) is 4.49. The molecule has 4 aromatic rings. The summed E-state index contributed by atoms with van der Waals surface area (Å²) < 4.78 is 5.35. The number of nitrogens with one attached hydrogen (secondary N) is 1. The summed E-state index contributed by atoms with van der Waals surface area (Å²) in [5.74, 6) is 0.816. The van der Waals surface area contributed by atoms with Crippen molar-refractivity contribution in [3.05, 3.63) is 81.5 Å². The van der Waals surface area contributed by atoms with Gasteiger partial charge in [0.2, 0.25) is 0 Å². The lowest BCUT2D eigenvalue weighted by Gasteiger charge is -2.12. The fourth-order valence-corrected chi connectivity index (χ4v) is 3.92. The van der Waals surface area contributed by atoms with Crippen LogP contribution in [0.2, 0.25) is 5.02 Å². The molecule has 0 amide bonds. The van der Waals surface area contributed by atoms with E-state index in [1.54, 1.807) is 18.4 Å². The molecule has 0 bridgehead atoms. The minimum Gasteiger partial charge on any atom is -0.497 e. The maximum atomic E-state index is 6.26. The molecule has 0 spiro atoms. The van der Waals surface area contributed by atoms with Crippen LogP contribution in [0.5, 0.6) is 5.75 Å². The van der Waals surface area contributed by atoms with Gasteiger partial charge in [0.1, 0.15) is 5.75 Å². The molecule has 136 valence electrons. The lowest BCUT2D eigenvalue weighted by Crippen LogP contribution is -2.14. The first-order chi connectivity index (χ1) is 13.2. The molecule has 0 aliphatic heterocycles. The van der Waals surface area contributed by atoms with E-state index in [1.807, 2.05) is 36.4 Å². The predicted octanol–water partition coefficient (Wildman–Crippen LogP) is 5.92. The zero-order valence-corrected chi connectivity index (χ0v) is 16.5. The summed E-state index contributed by atoms with van der Waals surface area (Å²) >= 11 is 7.94. The van der Waals surface area contributed by atoms with Gasteiger partial charge < -0.3 is 10.1 Å². The van der Waals surface area contributed by atoms with E-state index >= 15 is 0 Å². The van der Waals surface area contributed by atoms with E-state index in [9.17, 15) is 0 Å². The Kier molecular flexibility index (Phi) is 5.39. The molecule has 3 nitrogen and oxygen atoms in total. The number of benzene rings is 2. The van der Waals surface area contributed by atoms with Crippen LogP contribution in [0.4, 0.5) is 0 Å². The van der Waals surface area contributed by atoms with E-state index < -0.39 is 0 Å². The van der Waals surface area contributed by atoms with Gasteiger partial charge in [-0.3, -0.25) is 0 Å². The van der Waals surface area contributed by atoms with E-state index in [0.29, 0.717) is 13.1 Å². The lowest BCUT2D eigenvalue weighted by molar-refractivity contribution is 0.415. The van der Waals surface area contributed by atoms with Crippen molar-refractivity contribution in [1.29, 1.82) is 0 Å². The van der Waals surface area contributed by atoms with Crippen molar-refractivity contribution in [2.45, 2.75) is 13.1 Å². The molecule has 0 atom stereocenters. The summed E-state index contributed by atoms with van der Waals surface area (Å²) in [7, 11) is 1.67. The highest BCUT2D eigenvalue weighted by Crippen LogP contribution is 2.29. The number of ether oxygens (including phenoxy) is 1. The molecular weight excluding hydrogens is 376 g/mol. The van der Waals surface area contributed by atoms with Gasteiger partial charge >= 0.3 is 0 Å². The molecule has 0 saturated heterocycles. The molecule has 0 radical (unpaired) electrons. The molecule has 0 aliphatic carbocycles. The number of halogens is 1. The van der Waals surface area contributed by atoms with Crippen LogP contribution in [0.3, 0.4) is 0 Å². The zero-order valence-electron chi connectivity index (χ0n) is 14.9. The second-order valence-corrected chi connectivity index (χ2v) is 7.45. The minimum atomic E-state index is 0.712. The Labute approximate surface area is 167 Å². The van der Waals surface area contributed by atoms with Crippen LogP contribution < -0.4 is 10.1 Å². The second kappa shape index (κ2) is 8.09. The Hall–Kier alpha value is -2.40. The van der Waals surface area contributed by atoms with Crippen molar-refractivity contribution in [3.8, 4) is 17.0 Å². The summed E-state index contributed by atoms with van der Waals surface area (Å²) in [4.78, 5) is 4.93. The van der Waals surface area contributed by atoms with Crippen molar-refractivity contribution < 1.29 is 4.74 Å². The molecule has 1 N–H and O–H groups in total. The van der Waals surface area contributed by atoms with Crippen LogP contribution in [-0.4, -0.2) is 12.1 Å². The van der Waals surface area contributed by atoms with Crippen molar-refractivity contribution in [3.63, 3.8) is 0 Å². The first kappa shape index (κ1) is 18.0. The van der Waals surface area contributed by atoms with Crippen molar-refractivity contribution in [1.82, 2.24) is 10.3 Å². The van der Waals surface area contributed by atoms with E-state index in [0.717, 1.165) is 44.1 Å². The summed E-state index contributed by atoms with van der Waals surface area (Å²) in [6.45, 7) is 1.43. The summed E-state index contributed by atoms with van der Waals surface area (Å²) in [5.41, 5.74) is 5.33. The number of hydrogen-bond donors (Lipinski definition) is 1. The average molecular weight is 395 g/mol. The number of pyridine rings is 1. The van der Waals surface area contributed by atoms with Crippen molar-refractivity contribution in [2.75, 3.05) is 7.11 Å². The van der Waals surface area contributed by atoms with Gasteiger partial charge in [0.15, 0.2) is 0 Å². The highest BCUT2D eigenvalue weighted by molar-refractivity contribution is 7.08. The number of nitrogens with zero attached hydrogens (tertiary/aromatic N) is 1. The Bertz CT molecular complexity index is 1060. The summed E-state index contributed by atoms with van der Waals surface area (Å²) in [6, 6.07) is 18.2. The van der Waals surface area contributed by atoms with E-state index in [2.05, 4.69) is 34.3 Å². The average Bonchev–Trinajstić information content (AvgIpc) is 3.23. The maximum absolute atomic E-state index is 6.26. The normalized spacial score (nSPS) is 11.0. The van der Waals surface area contributed by atoms with Gasteiger partial charge in [0.25, 0.3) is 0 Å². The second-order valence-electron chi connectivity index (χ2n) is 6.26. The first-order valence-corrected chi connectivity index (χ1v) is 10.0. The minimum absolute atomic E-state index is 0.712. The van der Waals surface area contributed by atoms with Gasteiger partial charge in [-0.2, -0.15) is 11.3 Å².